The molecule has 0 saturated carbocycles. The van der Waals surface area contributed by atoms with Gasteiger partial charge in [0.05, 0.1) is 0 Å². The molecule has 0 spiro atoms. The van der Waals surface area contributed by atoms with Gasteiger partial charge in [0, 0.05) is 0 Å². The first-order valence-electron chi connectivity index (χ1n) is 2.27. The smallest absolute Gasteiger partial charge is 0.171 e. The minimum Gasteiger partial charge on any atom is -0.184 e. The maximum absolute atomic E-state index is 8.61. The van der Waals surface area contributed by atoms with Crippen LogP contribution in [0.25, 0.3) is 0 Å². The van der Waals surface area contributed by atoms with Crippen molar-refractivity contribution in [3.63, 3.8) is 0 Å². The van der Waals surface area contributed by atoms with E-state index in [0.29, 0.717) is 0 Å². The number of hydrogen-bond acceptors (Lipinski definition) is 1. The molecule has 9 heavy (non-hydrogen) atoms. The molecule has 0 fully saturated rings. The Kier molecular flexibility index (Phi) is 7.02. The van der Waals surface area contributed by atoms with E-state index in [9.17, 15) is 0 Å². The fourth-order valence-corrected chi connectivity index (χ4v) is 0.342. The normalized spacial score (nSPS) is 6.44. The van der Waals surface area contributed by atoms with Gasteiger partial charge in [0.2, 0.25) is 0 Å². The van der Waals surface area contributed by atoms with Crippen molar-refractivity contribution < 1.29 is 23.5 Å². The summed E-state index contributed by atoms with van der Waals surface area (Å²) < 4.78 is 1.35. The van der Waals surface area contributed by atoms with E-state index < -0.39 is 0 Å². The fraction of sp³-hybridized carbons (Fsp3) is 0. The van der Waals surface area contributed by atoms with Crippen LogP contribution in [0.15, 0.2) is 30.3 Å². The van der Waals surface area contributed by atoms with Gasteiger partial charge in [0.25, 0.3) is 0 Å². The first kappa shape index (κ1) is 8.46. The van der Waals surface area contributed by atoms with Crippen molar-refractivity contribution in [2.75, 3.05) is 0 Å². The Labute approximate surface area is 64.6 Å². The summed E-state index contributed by atoms with van der Waals surface area (Å²) in [7, 11) is 0. The van der Waals surface area contributed by atoms with Crippen molar-refractivity contribution in [2.24, 2.45) is 0 Å². The van der Waals surface area contributed by atoms with Crippen LogP contribution in [0, 0.1) is 6.07 Å². The predicted octanol–water partition coefficient (Wildman–Crippen LogP) is 1.09. The Bertz CT molecular complexity index is 139. The molecule has 0 N–H and O–H groups in total. The maximum atomic E-state index is 8.61. The summed E-state index contributed by atoms with van der Waals surface area (Å²) in [5.74, 6) is 0. The second-order valence-electron chi connectivity index (χ2n) is 1.14. The molecule has 0 bridgehead atoms. The molecule has 1 nitrogen and oxygen atoms in total. The minimum atomic E-state index is 1.35. The van der Waals surface area contributed by atoms with Gasteiger partial charge < -0.3 is 0 Å². The Morgan fingerprint density at radius 3 is 1.78 bits per heavy atom. The van der Waals surface area contributed by atoms with E-state index >= 15 is 0 Å². The van der Waals surface area contributed by atoms with Crippen LogP contribution in [0.2, 0.25) is 0 Å². The molecule has 50 valence electrons. The van der Waals surface area contributed by atoms with E-state index in [1.807, 2.05) is 30.3 Å². The molecule has 1 rings (SSSR count). The first-order chi connectivity index (χ1) is 4.41. The molecule has 0 radical (unpaired) electrons. The molecule has 2 heteroatoms. The maximum Gasteiger partial charge on any atom is -0.171 e. The van der Waals surface area contributed by atoms with E-state index in [1.54, 1.807) is 0 Å². The van der Waals surface area contributed by atoms with Gasteiger partial charge in [-0.05, 0) is 0 Å². The van der Waals surface area contributed by atoms with Crippen molar-refractivity contribution in [3.05, 3.63) is 36.4 Å². The Hall–Kier alpha value is -0.538. The molecule has 0 unspecified atom stereocenters. The molecule has 0 atom stereocenters. The zero-order chi connectivity index (χ0) is 6.95. The summed E-state index contributed by atoms with van der Waals surface area (Å²) in [6, 6.07) is 12.5. The van der Waals surface area contributed by atoms with Gasteiger partial charge in [-0.25, -0.2) is 0 Å². The standard InChI is InChI=1S/C6H5.CO.Pd/c1-2-4-6-5-3-1;1-2;/h1-5H;;/q-1;;. The molecule has 0 heterocycles. The van der Waals surface area contributed by atoms with Gasteiger partial charge in [-0.15, -0.1) is 0 Å². The average molecular weight is 212 g/mol. The van der Waals surface area contributed by atoms with Crippen LogP contribution in [0.1, 0.15) is 0 Å². The van der Waals surface area contributed by atoms with Gasteiger partial charge in [-0.1, -0.05) is 0 Å². The third-order valence-electron chi connectivity index (χ3n) is 0.607. The van der Waals surface area contributed by atoms with Crippen LogP contribution in [0.4, 0.5) is 0 Å². The van der Waals surface area contributed by atoms with Crippen molar-refractivity contribution in [1.82, 2.24) is 0 Å². The summed E-state index contributed by atoms with van der Waals surface area (Å²) in [6.07, 6.45) is 0. The third kappa shape index (κ3) is 7.46. The van der Waals surface area contributed by atoms with Gasteiger partial charge in [0.15, 0.2) is 0 Å². The zero-order valence-electron chi connectivity index (χ0n) is 4.61. The van der Waals surface area contributed by atoms with E-state index in [-0.39, 0.29) is 0 Å². The topological polar surface area (TPSA) is 17.1 Å². The van der Waals surface area contributed by atoms with E-state index in [2.05, 4.69) is 24.8 Å². The van der Waals surface area contributed by atoms with Crippen molar-refractivity contribution >= 4 is 4.35 Å². The largest absolute Gasteiger partial charge is 0.184 e. The van der Waals surface area contributed by atoms with Crippen LogP contribution in [-0.2, 0) is 23.5 Å². The second kappa shape index (κ2) is 7.46. The predicted molar refractivity (Wildman–Crippen MR) is 31.0 cm³/mol. The molecule has 0 amide bonds. The molecule has 0 aliphatic carbocycles. The van der Waals surface area contributed by atoms with Gasteiger partial charge >= 0.3 is 27.9 Å². The Morgan fingerprint density at radius 2 is 1.67 bits per heavy atom. The summed E-state index contributed by atoms with van der Waals surface area (Å²) in [6.45, 7) is 0. The third-order valence-corrected chi connectivity index (χ3v) is 0.607. The molecule has 1 aromatic carbocycles. The Morgan fingerprint density at radius 1 is 1.22 bits per heavy atom. The summed E-state index contributed by atoms with van der Waals surface area (Å²) in [5.41, 5.74) is 0. The van der Waals surface area contributed by atoms with E-state index in [1.165, 1.54) is 4.35 Å². The van der Waals surface area contributed by atoms with Crippen molar-refractivity contribution in [2.45, 2.75) is 0 Å². The summed E-state index contributed by atoms with van der Waals surface area (Å²) >= 11 is 2.14. The first-order valence-corrected chi connectivity index (χ1v) is 3.05. The molecular formula is C7H5OPd-. The van der Waals surface area contributed by atoms with Crippen molar-refractivity contribution in [1.29, 1.82) is 0 Å². The van der Waals surface area contributed by atoms with Gasteiger partial charge in [-0.3, -0.25) is 0 Å². The fourth-order valence-electron chi connectivity index (χ4n) is 0.342. The number of hydrogen-bond donors (Lipinski definition) is 0. The second-order valence-corrected chi connectivity index (χ2v) is 1.46. The number of benzene rings is 1. The summed E-state index contributed by atoms with van der Waals surface area (Å²) in [4.78, 5) is 8.61. The molecule has 0 saturated heterocycles. The van der Waals surface area contributed by atoms with Crippen LogP contribution in [0.3, 0.4) is 0 Å². The zero-order valence-corrected chi connectivity index (χ0v) is 6.17. The van der Waals surface area contributed by atoms with Gasteiger partial charge in [0.1, 0.15) is 0 Å². The van der Waals surface area contributed by atoms with E-state index in [4.69, 9.17) is 4.79 Å². The Balaban J connectivity index is 0.000000187. The monoisotopic (exact) mass is 211 g/mol. The van der Waals surface area contributed by atoms with Gasteiger partial charge in [-0.2, -0.15) is 36.4 Å². The van der Waals surface area contributed by atoms with Crippen molar-refractivity contribution in [3.8, 4) is 0 Å². The quantitative estimate of drug-likeness (QED) is 0.464. The molecular weight excluding hydrogens is 206 g/mol. The number of carbonyl (C=O) groups excluding carboxylic acids is 1. The van der Waals surface area contributed by atoms with Crippen LogP contribution in [-0.4, -0.2) is 4.35 Å². The molecule has 0 aliphatic heterocycles. The molecule has 0 aliphatic rings. The molecule has 0 aromatic heterocycles. The van der Waals surface area contributed by atoms with E-state index in [0.717, 1.165) is 0 Å². The minimum absolute atomic E-state index is 1.35. The molecule has 1 aromatic rings. The summed E-state index contributed by atoms with van der Waals surface area (Å²) in [5, 5.41) is 0. The van der Waals surface area contributed by atoms with Crippen LogP contribution < -0.4 is 0 Å². The van der Waals surface area contributed by atoms with Crippen LogP contribution in [0.5, 0.6) is 0 Å². The SMILES string of the molecule is O=[C]=[Pd].[c-]1ccccc1. The number of rotatable bonds is 0. The average Bonchev–Trinajstić information content (AvgIpc) is 1.93. The van der Waals surface area contributed by atoms with Crippen LogP contribution >= 0.6 is 0 Å².